The number of hydrogen-bond acceptors (Lipinski definition) is 7. The van der Waals surface area contributed by atoms with Crippen LogP contribution < -0.4 is 33.2 Å². The number of hydrogen-bond donors (Lipinski definition) is 8. The van der Waals surface area contributed by atoms with Gasteiger partial charge in [0.25, 0.3) is 0 Å². The maximum absolute atomic E-state index is 13.1. The number of nitrogens with two attached hydrogens (primary N) is 3. The number of carbonyl (C=O) groups is 6. The van der Waals surface area contributed by atoms with Crippen molar-refractivity contribution in [1.29, 1.82) is 0 Å². The summed E-state index contributed by atoms with van der Waals surface area (Å²) in [5.41, 5.74) is 16.9. The number of carboxylic acids is 1. The fourth-order valence-corrected chi connectivity index (χ4v) is 3.48. The molecule has 0 aliphatic carbocycles. The van der Waals surface area contributed by atoms with E-state index in [0.29, 0.717) is 5.56 Å². The van der Waals surface area contributed by atoms with Crippen molar-refractivity contribution in [2.24, 2.45) is 17.2 Å². The Hall–Kier alpha value is -4.46. The molecule has 11 N–H and O–H groups in total. The van der Waals surface area contributed by atoms with Crippen molar-refractivity contribution in [3.63, 3.8) is 0 Å². The van der Waals surface area contributed by atoms with E-state index in [1.54, 1.807) is 24.4 Å². The summed E-state index contributed by atoms with van der Waals surface area (Å²) in [6.07, 6.45) is 0.506. The van der Waals surface area contributed by atoms with Gasteiger partial charge in [0.05, 0.1) is 13.0 Å². The van der Waals surface area contributed by atoms with Gasteiger partial charge in [-0.05, 0) is 18.1 Å². The molecule has 0 saturated heterocycles. The topological polar surface area (TPSA) is 253 Å². The number of benzene rings is 1. The lowest BCUT2D eigenvalue weighted by atomic mass is 10.0. The molecule has 0 bridgehead atoms. The monoisotopic (exact) mass is 503 g/mol. The van der Waals surface area contributed by atoms with Crippen molar-refractivity contribution in [3.05, 3.63) is 36.0 Å². The van der Waals surface area contributed by atoms with Crippen LogP contribution in [-0.2, 0) is 35.2 Å². The molecule has 0 radical (unpaired) electrons. The van der Waals surface area contributed by atoms with Crippen molar-refractivity contribution in [2.45, 2.75) is 43.8 Å². The van der Waals surface area contributed by atoms with E-state index in [4.69, 9.17) is 17.2 Å². The van der Waals surface area contributed by atoms with E-state index in [1.807, 2.05) is 6.07 Å². The lowest BCUT2D eigenvalue weighted by Gasteiger charge is -2.24. The highest BCUT2D eigenvalue weighted by atomic mass is 16.4. The molecule has 194 valence electrons. The summed E-state index contributed by atoms with van der Waals surface area (Å²) in [5, 5.41) is 17.2. The minimum absolute atomic E-state index is 0.0716. The van der Waals surface area contributed by atoms with Gasteiger partial charge in [0, 0.05) is 29.9 Å². The third kappa shape index (κ3) is 8.09. The van der Waals surface area contributed by atoms with Crippen molar-refractivity contribution in [2.75, 3.05) is 6.54 Å². The van der Waals surface area contributed by atoms with E-state index in [9.17, 15) is 33.9 Å². The number of para-hydroxylation sites is 1. The molecule has 36 heavy (non-hydrogen) atoms. The number of aliphatic carboxylic acids is 1. The molecular formula is C22H29N7O7. The Bertz CT molecular complexity index is 1150. The predicted octanol–water partition coefficient (Wildman–Crippen LogP) is -2.65. The lowest BCUT2D eigenvalue weighted by Crippen LogP contribution is -2.57. The summed E-state index contributed by atoms with van der Waals surface area (Å²) in [6.45, 7) is -0.424. The molecule has 1 aromatic heterocycles. The average Bonchev–Trinajstić information content (AvgIpc) is 3.22. The van der Waals surface area contributed by atoms with E-state index >= 15 is 0 Å². The van der Waals surface area contributed by atoms with Crippen LogP contribution in [0.25, 0.3) is 10.9 Å². The zero-order chi connectivity index (χ0) is 26.8. The first-order valence-electron chi connectivity index (χ1n) is 11.0. The second-order valence-electron chi connectivity index (χ2n) is 8.02. The number of aromatic amines is 1. The van der Waals surface area contributed by atoms with Crippen LogP contribution in [0.2, 0.25) is 0 Å². The van der Waals surface area contributed by atoms with Gasteiger partial charge in [0.1, 0.15) is 18.1 Å². The van der Waals surface area contributed by atoms with E-state index in [1.165, 1.54) is 0 Å². The smallest absolute Gasteiger partial charge is 0.326 e. The number of nitrogens with one attached hydrogen (secondary N) is 4. The van der Waals surface area contributed by atoms with Gasteiger partial charge in [0.2, 0.25) is 29.5 Å². The number of amides is 5. The molecule has 0 fully saturated rings. The normalized spacial score (nSPS) is 13.2. The molecule has 3 atom stereocenters. The molecule has 0 spiro atoms. The molecule has 5 amide bonds. The SMILES string of the molecule is NCC(=O)NC(CCC(N)=O)C(=O)NC(Cc1c[nH]c2ccccc12)C(=O)NC(CC(N)=O)C(=O)O. The maximum atomic E-state index is 13.1. The van der Waals surface area contributed by atoms with Crippen LogP contribution in [-0.4, -0.2) is 70.3 Å². The lowest BCUT2D eigenvalue weighted by molar-refractivity contribution is -0.143. The Morgan fingerprint density at radius 1 is 0.889 bits per heavy atom. The molecule has 0 aliphatic heterocycles. The van der Waals surface area contributed by atoms with Crippen LogP contribution in [0.4, 0.5) is 0 Å². The quantitative estimate of drug-likeness (QED) is 0.135. The molecule has 14 heteroatoms. The van der Waals surface area contributed by atoms with E-state index < -0.39 is 66.6 Å². The van der Waals surface area contributed by atoms with Crippen LogP contribution in [0, 0.1) is 0 Å². The first kappa shape index (κ1) is 27.8. The van der Waals surface area contributed by atoms with Gasteiger partial charge in [-0.15, -0.1) is 0 Å². The summed E-state index contributed by atoms with van der Waals surface area (Å²) < 4.78 is 0. The van der Waals surface area contributed by atoms with Gasteiger partial charge < -0.3 is 43.2 Å². The van der Waals surface area contributed by atoms with Crippen molar-refractivity contribution in [1.82, 2.24) is 20.9 Å². The highest BCUT2D eigenvalue weighted by Crippen LogP contribution is 2.19. The number of aromatic nitrogens is 1. The van der Waals surface area contributed by atoms with Crippen molar-refractivity contribution in [3.8, 4) is 0 Å². The number of carbonyl (C=O) groups excluding carboxylic acids is 5. The van der Waals surface area contributed by atoms with Gasteiger partial charge in [-0.1, -0.05) is 18.2 Å². The van der Waals surface area contributed by atoms with Crippen LogP contribution in [0.1, 0.15) is 24.8 Å². The van der Waals surface area contributed by atoms with Crippen molar-refractivity contribution < 1.29 is 33.9 Å². The summed E-state index contributed by atoms with van der Waals surface area (Å²) in [6, 6.07) is 3.00. The predicted molar refractivity (Wildman–Crippen MR) is 127 cm³/mol. The number of primary amides is 2. The first-order chi connectivity index (χ1) is 17.0. The standard InChI is InChI=1S/C22H29N7O7/c23-9-19(32)27-14(5-6-17(24)30)20(33)28-15(21(34)29-16(22(35)36)8-18(25)31)7-11-10-26-13-4-2-1-3-12(11)13/h1-4,10,14-16,26H,5-9,23H2,(H2,24,30)(H2,25,31)(H,27,32)(H,28,33)(H,29,34)(H,35,36). The molecule has 1 heterocycles. The molecule has 3 unspecified atom stereocenters. The Morgan fingerprint density at radius 2 is 1.53 bits per heavy atom. The summed E-state index contributed by atoms with van der Waals surface area (Å²) >= 11 is 0. The minimum Gasteiger partial charge on any atom is -0.480 e. The first-order valence-corrected chi connectivity index (χ1v) is 11.0. The van der Waals surface area contributed by atoms with Crippen LogP contribution in [0.5, 0.6) is 0 Å². The molecular weight excluding hydrogens is 474 g/mol. The number of carboxylic acid groups (broad SMARTS) is 1. The molecule has 2 aromatic rings. The molecule has 2 rings (SSSR count). The summed E-state index contributed by atoms with van der Waals surface area (Å²) in [7, 11) is 0. The van der Waals surface area contributed by atoms with E-state index in [2.05, 4.69) is 20.9 Å². The van der Waals surface area contributed by atoms with Gasteiger partial charge >= 0.3 is 5.97 Å². The van der Waals surface area contributed by atoms with Gasteiger partial charge in [-0.3, -0.25) is 24.0 Å². The molecule has 0 saturated carbocycles. The highest BCUT2D eigenvalue weighted by molar-refractivity contribution is 5.95. The second-order valence-corrected chi connectivity index (χ2v) is 8.02. The Kier molecular flexibility index (Phi) is 9.92. The molecule has 14 nitrogen and oxygen atoms in total. The van der Waals surface area contributed by atoms with Crippen LogP contribution in [0.3, 0.4) is 0 Å². The minimum atomic E-state index is -1.63. The Labute approximate surface area is 205 Å². The highest BCUT2D eigenvalue weighted by Gasteiger charge is 2.31. The van der Waals surface area contributed by atoms with Crippen LogP contribution in [0.15, 0.2) is 30.5 Å². The Balaban J connectivity index is 2.32. The molecule has 0 aliphatic rings. The third-order valence-corrected chi connectivity index (χ3v) is 5.27. The van der Waals surface area contributed by atoms with Crippen molar-refractivity contribution >= 4 is 46.4 Å². The van der Waals surface area contributed by atoms with E-state index in [0.717, 1.165) is 10.9 Å². The zero-order valence-corrected chi connectivity index (χ0v) is 19.3. The molecule has 1 aromatic carbocycles. The number of H-pyrrole nitrogens is 1. The number of rotatable bonds is 14. The van der Waals surface area contributed by atoms with Gasteiger partial charge in [0.15, 0.2) is 0 Å². The zero-order valence-electron chi connectivity index (χ0n) is 19.3. The average molecular weight is 504 g/mol. The maximum Gasteiger partial charge on any atom is 0.326 e. The van der Waals surface area contributed by atoms with Gasteiger partial charge in [-0.2, -0.15) is 0 Å². The fourth-order valence-electron chi connectivity index (χ4n) is 3.48. The second kappa shape index (κ2) is 12.9. The number of fused-ring (bicyclic) bond motifs is 1. The fraction of sp³-hybridized carbons (Fsp3) is 0.364. The Morgan fingerprint density at radius 3 is 2.14 bits per heavy atom. The van der Waals surface area contributed by atoms with E-state index in [-0.39, 0.29) is 19.3 Å². The third-order valence-electron chi connectivity index (χ3n) is 5.27. The summed E-state index contributed by atoms with van der Waals surface area (Å²) in [4.78, 5) is 74.9. The van der Waals surface area contributed by atoms with Gasteiger partial charge in [-0.25, -0.2) is 4.79 Å². The van der Waals surface area contributed by atoms with Crippen LogP contribution >= 0.6 is 0 Å². The largest absolute Gasteiger partial charge is 0.480 e. The summed E-state index contributed by atoms with van der Waals surface area (Å²) in [5.74, 6) is -5.55.